The first-order valence-corrected chi connectivity index (χ1v) is 8.66. The standard InChI is InChI=1S/C20H26N2O3/c1-24-19-6-4-3-5-17(19)22-10-9-16(14-22)13-21-12-15-7-8-20(25-2)18(23)11-15/h3-8,11,16,21,23H,9-10,12-14H2,1-2H3/t16-/m1/s1. The number of para-hydroxylation sites is 2. The van der Waals surface area contributed by atoms with Crippen LogP contribution in [0, 0.1) is 5.92 Å². The van der Waals surface area contributed by atoms with Crippen LogP contribution in [0.5, 0.6) is 17.2 Å². The Kier molecular flexibility index (Phi) is 5.66. The van der Waals surface area contributed by atoms with Crippen molar-refractivity contribution in [2.75, 3.05) is 38.8 Å². The van der Waals surface area contributed by atoms with Crippen molar-refractivity contribution in [1.82, 2.24) is 5.32 Å². The highest BCUT2D eigenvalue weighted by atomic mass is 16.5. The lowest BCUT2D eigenvalue weighted by molar-refractivity contribution is 0.373. The van der Waals surface area contributed by atoms with Crippen LogP contribution in [-0.4, -0.2) is 39.0 Å². The number of hydrogen-bond acceptors (Lipinski definition) is 5. The van der Waals surface area contributed by atoms with Crippen LogP contribution in [0.15, 0.2) is 42.5 Å². The molecule has 1 aliphatic heterocycles. The van der Waals surface area contributed by atoms with Gasteiger partial charge in [0.25, 0.3) is 0 Å². The van der Waals surface area contributed by atoms with Crippen molar-refractivity contribution in [1.29, 1.82) is 0 Å². The molecule has 2 aromatic rings. The SMILES string of the molecule is COc1ccc(CNC[C@H]2CCN(c3ccccc3OC)C2)cc1O. The quantitative estimate of drug-likeness (QED) is 0.810. The summed E-state index contributed by atoms with van der Waals surface area (Å²) in [6.07, 6.45) is 1.17. The molecule has 0 unspecified atom stereocenters. The highest BCUT2D eigenvalue weighted by Gasteiger charge is 2.24. The van der Waals surface area contributed by atoms with Gasteiger partial charge in [-0.15, -0.1) is 0 Å². The topological polar surface area (TPSA) is 54.0 Å². The van der Waals surface area contributed by atoms with Crippen molar-refractivity contribution in [2.24, 2.45) is 5.92 Å². The van der Waals surface area contributed by atoms with Crippen molar-refractivity contribution >= 4 is 5.69 Å². The van der Waals surface area contributed by atoms with E-state index < -0.39 is 0 Å². The number of rotatable bonds is 7. The third-order valence-electron chi connectivity index (χ3n) is 4.72. The molecule has 5 nitrogen and oxygen atoms in total. The first-order chi connectivity index (χ1) is 12.2. The van der Waals surface area contributed by atoms with Crippen LogP contribution >= 0.6 is 0 Å². The summed E-state index contributed by atoms with van der Waals surface area (Å²) >= 11 is 0. The van der Waals surface area contributed by atoms with Crippen LogP contribution in [-0.2, 0) is 6.54 Å². The van der Waals surface area contributed by atoms with Gasteiger partial charge in [0, 0.05) is 26.2 Å². The van der Waals surface area contributed by atoms with E-state index in [2.05, 4.69) is 22.3 Å². The first-order valence-electron chi connectivity index (χ1n) is 8.66. The molecule has 0 saturated carbocycles. The fraction of sp³-hybridized carbons (Fsp3) is 0.400. The fourth-order valence-electron chi connectivity index (χ4n) is 3.38. The Morgan fingerprint density at radius 1 is 1.12 bits per heavy atom. The molecular weight excluding hydrogens is 316 g/mol. The lowest BCUT2D eigenvalue weighted by Gasteiger charge is -2.21. The van der Waals surface area contributed by atoms with Crippen molar-refractivity contribution in [3.8, 4) is 17.2 Å². The maximum absolute atomic E-state index is 9.84. The van der Waals surface area contributed by atoms with Crippen molar-refractivity contribution < 1.29 is 14.6 Å². The molecule has 0 bridgehead atoms. The van der Waals surface area contributed by atoms with Gasteiger partial charge in [-0.25, -0.2) is 0 Å². The number of nitrogens with zero attached hydrogens (tertiary/aromatic N) is 1. The van der Waals surface area contributed by atoms with E-state index in [4.69, 9.17) is 9.47 Å². The number of aromatic hydroxyl groups is 1. The fourth-order valence-corrected chi connectivity index (χ4v) is 3.38. The molecule has 25 heavy (non-hydrogen) atoms. The predicted molar refractivity (Wildman–Crippen MR) is 99.7 cm³/mol. The summed E-state index contributed by atoms with van der Waals surface area (Å²) in [6, 6.07) is 13.7. The van der Waals surface area contributed by atoms with Crippen molar-refractivity contribution in [3.63, 3.8) is 0 Å². The van der Waals surface area contributed by atoms with E-state index in [-0.39, 0.29) is 5.75 Å². The zero-order valence-electron chi connectivity index (χ0n) is 14.9. The number of hydrogen-bond donors (Lipinski definition) is 2. The molecule has 0 amide bonds. The third kappa shape index (κ3) is 4.17. The number of methoxy groups -OCH3 is 2. The summed E-state index contributed by atoms with van der Waals surface area (Å²) in [5, 5.41) is 13.3. The molecule has 1 aliphatic rings. The summed E-state index contributed by atoms with van der Waals surface area (Å²) in [5.74, 6) is 2.23. The Hall–Kier alpha value is -2.40. The second-order valence-corrected chi connectivity index (χ2v) is 6.41. The number of anilines is 1. The molecule has 5 heteroatoms. The monoisotopic (exact) mass is 342 g/mol. The average Bonchev–Trinajstić information content (AvgIpc) is 3.10. The second kappa shape index (κ2) is 8.12. The molecule has 2 N–H and O–H groups in total. The molecule has 0 spiro atoms. The lowest BCUT2D eigenvalue weighted by atomic mass is 10.1. The molecule has 2 aromatic carbocycles. The normalized spacial score (nSPS) is 16.9. The average molecular weight is 342 g/mol. The molecule has 1 atom stereocenters. The molecule has 1 saturated heterocycles. The van der Waals surface area contributed by atoms with Crippen molar-refractivity contribution in [2.45, 2.75) is 13.0 Å². The van der Waals surface area contributed by atoms with E-state index in [9.17, 15) is 5.11 Å². The Morgan fingerprint density at radius 2 is 1.92 bits per heavy atom. The molecular formula is C20H26N2O3. The van der Waals surface area contributed by atoms with Gasteiger partial charge in [-0.2, -0.15) is 0 Å². The molecule has 0 radical (unpaired) electrons. The van der Waals surface area contributed by atoms with Gasteiger partial charge in [0.1, 0.15) is 5.75 Å². The predicted octanol–water partition coefficient (Wildman–Crippen LogP) is 3.03. The van der Waals surface area contributed by atoms with E-state index in [1.165, 1.54) is 12.1 Å². The molecule has 3 rings (SSSR count). The van der Waals surface area contributed by atoms with Gasteiger partial charge in [0.05, 0.1) is 19.9 Å². The zero-order chi connectivity index (χ0) is 17.6. The highest BCUT2D eigenvalue weighted by molar-refractivity contribution is 5.59. The molecule has 1 fully saturated rings. The number of phenolic OH excluding ortho intramolecular Hbond substituents is 1. The van der Waals surface area contributed by atoms with Crippen molar-refractivity contribution in [3.05, 3.63) is 48.0 Å². The number of ether oxygens (including phenoxy) is 2. The van der Waals surface area contributed by atoms with E-state index >= 15 is 0 Å². The van der Waals surface area contributed by atoms with Gasteiger partial charge < -0.3 is 24.8 Å². The van der Waals surface area contributed by atoms with Crippen LogP contribution in [0.3, 0.4) is 0 Å². The maximum Gasteiger partial charge on any atom is 0.160 e. The summed E-state index contributed by atoms with van der Waals surface area (Å²) in [5.41, 5.74) is 2.23. The van der Waals surface area contributed by atoms with Gasteiger partial charge in [-0.3, -0.25) is 0 Å². The lowest BCUT2D eigenvalue weighted by Crippen LogP contribution is -2.26. The Balaban J connectivity index is 1.50. The third-order valence-corrected chi connectivity index (χ3v) is 4.72. The van der Waals surface area contributed by atoms with Gasteiger partial charge in [-0.05, 0) is 42.2 Å². The van der Waals surface area contributed by atoms with Gasteiger partial charge in [0.15, 0.2) is 11.5 Å². The van der Waals surface area contributed by atoms with E-state index in [0.29, 0.717) is 11.7 Å². The Morgan fingerprint density at radius 3 is 2.68 bits per heavy atom. The van der Waals surface area contributed by atoms with E-state index in [1.807, 2.05) is 18.2 Å². The molecule has 0 aromatic heterocycles. The van der Waals surface area contributed by atoms with Crippen LogP contribution in [0.2, 0.25) is 0 Å². The summed E-state index contributed by atoms with van der Waals surface area (Å²) in [4.78, 5) is 2.39. The minimum Gasteiger partial charge on any atom is -0.504 e. The van der Waals surface area contributed by atoms with E-state index in [0.717, 1.165) is 37.5 Å². The zero-order valence-corrected chi connectivity index (χ0v) is 14.9. The molecule has 1 heterocycles. The number of benzene rings is 2. The van der Waals surface area contributed by atoms with Crippen LogP contribution in [0.1, 0.15) is 12.0 Å². The highest BCUT2D eigenvalue weighted by Crippen LogP contribution is 2.32. The second-order valence-electron chi connectivity index (χ2n) is 6.41. The minimum atomic E-state index is 0.185. The maximum atomic E-state index is 9.84. The Bertz CT molecular complexity index is 705. The molecule has 0 aliphatic carbocycles. The minimum absolute atomic E-state index is 0.185. The summed E-state index contributed by atoms with van der Waals surface area (Å²) in [6.45, 7) is 3.78. The summed E-state index contributed by atoms with van der Waals surface area (Å²) in [7, 11) is 3.28. The molecule has 134 valence electrons. The van der Waals surface area contributed by atoms with Crippen LogP contribution < -0.4 is 19.7 Å². The van der Waals surface area contributed by atoms with Gasteiger partial charge in [0.2, 0.25) is 0 Å². The van der Waals surface area contributed by atoms with E-state index in [1.54, 1.807) is 26.4 Å². The number of nitrogens with one attached hydrogen (secondary N) is 1. The van der Waals surface area contributed by atoms with Gasteiger partial charge in [-0.1, -0.05) is 18.2 Å². The van der Waals surface area contributed by atoms with Crippen LogP contribution in [0.4, 0.5) is 5.69 Å². The largest absolute Gasteiger partial charge is 0.504 e. The summed E-state index contributed by atoms with van der Waals surface area (Å²) < 4.78 is 10.5. The number of phenols is 1. The van der Waals surface area contributed by atoms with Crippen LogP contribution in [0.25, 0.3) is 0 Å². The Labute approximate surface area is 149 Å². The van der Waals surface area contributed by atoms with Gasteiger partial charge >= 0.3 is 0 Å². The first kappa shape index (κ1) is 17.4. The smallest absolute Gasteiger partial charge is 0.160 e.